The maximum absolute atomic E-state index is 12.0. The van der Waals surface area contributed by atoms with Gasteiger partial charge in [-0.15, -0.1) is 0 Å². The third-order valence-corrected chi connectivity index (χ3v) is 2.77. The molecular formula is C11H13N5O. The van der Waals surface area contributed by atoms with E-state index in [1.54, 1.807) is 18.5 Å². The summed E-state index contributed by atoms with van der Waals surface area (Å²) in [4.78, 5) is 18.8. The fourth-order valence-electron chi connectivity index (χ4n) is 1.84. The average molecular weight is 231 g/mol. The highest BCUT2D eigenvalue weighted by molar-refractivity contribution is 6.02. The monoisotopic (exact) mass is 231 g/mol. The highest BCUT2D eigenvalue weighted by Gasteiger charge is 2.27. The minimum Gasteiger partial charge on any atom is -0.397 e. The molecule has 0 radical (unpaired) electrons. The zero-order chi connectivity index (χ0) is 11.8. The molecule has 3 rings (SSSR count). The van der Waals surface area contributed by atoms with Crippen molar-refractivity contribution in [2.45, 2.75) is 18.9 Å². The number of hydrogen-bond donors (Lipinski definition) is 3. The zero-order valence-corrected chi connectivity index (χ0v) is 9.18. The summed E-state index contributed by atoms with van der Waals surface area (Å²) in [7, 11) is 0. The molecule has 1 saturated carbocycles. The van der Waals surface area contributed by atoms with Gasteiger partial charge in [-0.1, -0.05) is 0 Å². The van der Waals surface area contributed by atoms with Gasteiger partial charge in [0.05, 0.1) is 5.69 Å². The number of carbonyl (C=O) groups excluding carboxylic acids is 1. The smallest absolute Gasteiger partial charge is 0.274 e. The van der Waals surface area contributed by atoms with Gasteiger partial charge in [-0.05, 0) is 18.9 Å². The Balaban J connectivity index is 1.85. The van der Waals surface area contributed by atoms with E-state index in [2.05, 4.69) is 15.3 Å². The highest BCUT2D eigenvalue weighted by atomic mass is 16.2. The zero-order valence-electron chi connectivity index (χ0n) is 9.18. The molecule has 2 aromatic rings. The quantitative estimate of drug-likeness (QED) is 0.745. The molecule has 2 aromatic heterocycles. The van der Waals surface area contributed by atoms with Crippen molar-refractivity contribution in [1.29, 1.82) is 0 Å². The van der Waals surface area contributed by atoms with Crippen molar-refractivity contribution in [2.75, 3.05) is 11.1 Å². The number of carbonyl (C=O) groups is 1. The molecule has 6 heteroatoms. The molecule has 1 amide bonds. The van der Waals surface area contributed by atoms with Crippen molar-refractivity contribution in [3.05, 3.63) is 30.4 Å². The van der Waals surface area contributed by atoms with Gasteiger partial charge in [0, 0.05) is 24.6 Å². The number of aromatic amines is 1. The van der Waals surface area contributed by atoms with Crippen LogP contribution in [0.1, 0.15) is 29.4 Å². The molecule has 0 unspecified atom stereocenters. The highest BCUT2D eigenvalue weighted by Crippen LogP contribution is 2.37. The molecule has 0 aliphatic heterocycles. The predicted octanol–water partition coefficient (Wildman–Crippen LogP) is 1.38. The fourth-order valence-corrected chi connectivity index (χ4v) is 1.84. The number of anilines is 2. The lowest BCUT2D eigenvalue weighted by Gasteiger charge is -2.06. The molecule has 6 nitrogen and oxygen atoms in total. The van der Waals surface area contributed by atoms with Crippen molar-refractivity contribution in [2.24, 2.45) is 0 Å². The summed E-state index contributed by atoms with van der Waals surface area (Å²) in [6, 6.07) is 2.11. The number of nitrogen functional groups attached to an aromatic ring is 1. The van der Waals surface area contributed by atoms with Crippen molar-refractivity contribution in [3.8, 4) is 0 Å². The third-order valence-electron chi connectivity index (χ3n) is 2.77. The van der Waals surface area contributed by atoms with Crippen LogP contribution in [0.25, 0.3) is 0 Å². The predicted molar refractivity (Wildman–Crippen MR) is 63.7 cm³/mol. The van der Waals surface area contributed by atoms with Gasteiger partial charge in [0.25, 0.3) is 5.91 Å². The summed E-state index contributed by atoms with van der Waals surface area (Å²) < 4.78 is 1.94. The Labute approximate surface area is 97.8 Å². The second-order valence-corrected chi connectivity index (χ2v) is 4.19. The van der Waals surface area contributed by atoms with Gasteiger partial charge in [0.1, 0.15) is 5.69 Å². The molecular weight excluding hydrogens is 218 g/mol. The summed E-state index contributed by atoms with van der Waals surface area (Å²) in [6.45, 7) is 0. The van der Waals surface area contributed by atoms with E-state index in [-0.39, 0.29) is 5.91 Å². The van der Waals surface area contributed by atoms with E-state index in [9.17, 15) is 4.79 Å². The van der Waals surface area contributed by atoms with Crippen LogP contribution in [0.4, 0.5) is 11.6 Å². The number of nitrogens with one attached hydrogen (secondary N) is 2. The van der Waals surface area contributed by atoms with Crippen LogP contribution in [0.3, 0.4) is 0 Å². The average Bonchev–Trinajstić information content (AvgIpc) is 2.88. The van der Waals surface area contributed by atoms with E-state index in [1.807, 2.05) is 10.8 Å². The Morgan fingerprint density at radius 1 is 1.59 bits per heavy atom. The number of nitrogens with two attached hydrogens (primary N) is 1. The maximum atomic E-state index is 12.0. The topological polar surface area (TPSA) is 88.7 Å². The molecule has 2 heterocycles. The number of H-pyrrole nitrogens is 1. The van der Waals surface area contributed by atoms with E-state index >= 15 is 0 Å². The van der Waals surface area contributed by atoms with Crippen LogP contribution < -0.4 is 11.1 Å². The Kier molecular flexibility index (Phi) is 2.14. The normalized spacial score (nSPS) is 14.8. The second kappa shape index (κ2) is 3.65. The molecule has 0 spiro atoms. The molecule has 4 N–H and O–H groups in total. The van der Waals surface area contributed by atoms with Crippen LogP contribution in [0.15, 0.2) is 24.7 Å². The lowest BCUT2D eigenvalue weighted by atomic mass is 10.4. The van der Waals surface area contributed by atoms with Crippen LogP contribution in [0.2, 0.25) is 0 Å². The van der Waals surface area contributed by atoms with Crippen LogP contribution in [-0.4, -0.2) is 20.4 Å². The summed E-state index contributed by atoms with van der Waals surface area (Å²) in [5, 5.41) is 2.69. The van der Waals surface area contributed by atoms with E-state index in [0.717, 1.165) is 12.8 Å². The summed E-state index contributed by atoms with van der Waals surface area (Å²) in [6.07, 6.45) is 7.27. The third kappa shape index (κ3) is 1.89. The molecule has 17 heavy (non-hydrogen) atoms. The standard InChI is InChI=1S/C11H13N5O/c12-7-5-9(16(6-7)8-1-2-8)10(17)15-11-13-3-4-14-11/h3-6,8H,1-2,12H2,(H2,13,14,15,17). The minimum absolute atomic E-state index is 0.191. The van der Waals surface area contributed by atoms with Crippen LogP contribution >= 0.6 is 0 Å². The molecule has 1 fully saturated rings. The first-order valence-corrected chi connectivity index (χ1v) is 5.52. The fraction of sp³-hybridized carbons (Fsp3) is 0.273. The molecule has 0 atom stereocenters. The first kappa shape index (κ1) is 9.95. The summed E-state index contributed by atoms with van der Waals surface area (Å²) >= 11 is 0. The van der Waals surface area contributed by atoms with Gasteiger partial charge in [-0.25, -0.2) is 4.98 Å². The Morgan fingerprint density at radius 2 is 2.41 bits per heavy atom. The van der Waals surface area contributed by atoms with Crippen molar-refractivity contribution in [1.82, 2.24) is 14.5 Å². The van der Waals surface area contributed by atoms with E-state index < -0.39 is 0 Å². The number of amides is 1. The van der Waals surface area contributed by atoms with Crippen LogP contribution in [0, 0.1) is 0 Å². The largest absolute Gasteiger partial charge is 0.397 e. The van der Waals surface area contributed by atoms with E-state index in [1.165, 1.54) is 0 Å². The van der Waals surface area contributed by atoms with Crippen molar-refractivity contribution < 1.29 is 4.79 Å². The summed E-state index contributed by atoms with van der Waals surface area (Å²) in [5.74, 6) is 0.251. The summed E-state index contributed by atoms with van der Waals surface area (Å²) in [5.41, 5.74) is 6.93. The molecule has 1 aliphatic carbocycles. The van der Waals surface area contributed by atoms with Gasteiger partial charge in [-0.2, -0.15) is 0 Å². The molecule has 0 saturated heterocycles. The second-order valence-electron chi connectivity index (χ2n) is 4.19. The van der Waals surface area contributed by atoms with Crippen molar-refractivity contribution in [3.63, 3.8) is 0 Å². The van der Waals surface area contributed by atoms with Crippen molar-refractivity contribution >= 4 is 17.5 Å². The number of aromatic nitrogens is 3. The van der Waals surface area contributed by atoms with Crippen LogP contribution in [0.5, 0.6) is 0 Å². The number of imidazole rings is 1. The van der Waals surface area contributed by atoms with Gasteiger partial charge < -0.3 is 15.3 Å². The molecule has 1 aliphatic rings. The van der Waals surface area contributed by atoms with Crippen LogP contribution in [-0.2, 0) is 0 Å². The minimum atomic E-state index is -0.191. The lowest BCUT2D eigenvalue weighted by molar-refractivity contribution is 0.101. The maximum Gasteiger partial charge on any atom is 0.274 e. The van der Waals surface area contributed by atoms with Gasteiger partial charge in [0.2, 0.25) is 5.95 Å². The van der Waals surface area contributed by atoms with E-state index in [4.69, 9.17) is 5.73 Å². The lowest BCUT2D eigenvalue weighted by Crippen LogP contribution is -2.17. The Hall–Kier alpha value is -2.24. The number of hydrogen-bond acceptors (Lipinski definition) is 3. The Bertz CT molecular complexity index is 538. The first-order valence-electron chi connectivity index (χ1n) is 5.52. The van der Waals surface area contributed by atoms with Gasteiger partial charge in [0.15, 0.2) is 0 Å². The number of nitrogens with zero attached hydrogens (tertiary/aromatic N) is 2. The SMILES string of the molecule is Nc1cc(C(=O)Nc2ncc[nH]2)n(C2CC2)c1. The Morgan fingerprint density at radius 3 is 3.06 bits per heavy atom. The molecule has 0 aromatic carbocycles. The van der Waals surface area contributed by atoms with Gasteiger partial charge >= 0.3 is 0 Å². The molecule has 0 bridgehead atoms. The number of rotatable bonds is 3. The molecule has 88 valence electrons. The van der Waals surface area contributed by atoms with E-state index in [0.29, 0.717) is 23.4 Å². The first-order chi connectivity index (χ1) is 8.24. The van der Waals surface area contributed by atoms with Gasteiger partial charge in [-0.3, -0.25) is 10.1 Å².